The Morgan fingerprint density at radius 1 is 1.63 bits per heavy atom. The van der Waals surface area contributed by atoms with Crippen molar-refractivity contribution in [3.8, 4) is 0 Å². The fourth-order valence-corrected chi connectivity index (χ4v) is 2.20. The van der Waals surface area contributed by atoms with Gasteiger partial charge in [-0.05, 0) is 18.5 Å². The molecule has 0 unspecified atom stereocenters. The molecule has 0 fully saturated rings. The third-order valence-corrected chi connectivity index (χ3v) is 3.13. The molecule has 0 spiro atoms. The fraction of sp³-hybridized carbons (Fsp3) is 0.400. The van der Waals surface area contributed by atoms with E-state index in [2.05, 4.69) is 24.9 Å². The highest BCUT2D eigenvalue weighted by Gasteiger charge is 2.20. The van der Waals surface area contributed by atoms with Gasteiger partial charge in [-0.3, -0.25) is 5.10 Å². The van der Waals surface area contributed by atoms with Crippen molar-refractivity contribution in [2.45, 2.75) is 13.3 Å². The minimum absolute atomic E-state index is 0.186. The number of esters is 1. The van der Waals surface area contributed by atoms with Crippen LogP contribution in [0.1, 0.15) is 23.1 Å². The zero-order chi connectivity index (χ0) is 13.7. The van der Waals surface area contributed by atoms with Gasteiger partial charge in [0.2, 0.25) is 0 Å². The normalized spacial score (nSPS) is 10.4. The number of H-pyrrole nitrogens is 1. The van der Waals surface area contributed by atoms with E-state index in [9.17, 15) is 4.79 Å². The predicted octanol–water partition coefficient (Wildman–Crippen LogP) is 0.675. The largest absolute Gasteiger partial charge is 0.462 e. The summed E-state index contributed by atoms with van der Waals surface area (Å²) in [6.45, 7) is 2.62. The molecular formula is C10H14N6O2S. The smallest absolute Gasteiger partial charge is 0.344 e. The number of ether oxygens (including phenoxy) is 1. The molecule has 9 heteroatoms. The number of nitrogens with two attached hydrogens (primary N) is 1. The van der Waals surface area contributed by atoms with Gasteiger partial charge < -0.3 is 15.8 Å². The van der Waals surface area contributed by atoms with Gasteiger partial charge in [0, 0.05) is 13.0 Å². The monoisotopic (exact) mass is 282 g/mol. The van der Waals surface area contributed by atoms with E-state index in [1.807, 2.05) is 0 Å². The van der Waals surface area contributed by atoms with Gasteiger partial charge in [-0.15, -0.1) is 0 Å². The maximum Gasteiger partial charge on any atom is 0.344 e. The molecule has 0 aliphatic rings. The first-order valence-corrected chi connectivity index (χ1v) is 6.50. The van der Waals surface area contributed by atoms with Crippen LogP contribution in [-0.4, -0.2) is 38.7 Å². The maximum atomic E-state index is 11.7. The number of aromatic amines is 1. The standard InChI is InChI=1S/C10H14N6O2S/c1-2-18-10(17)7-8(11)16-19-9(7)12-4-3-6-13-5-14-15-6/h5,12H,2-4H2,1H3,(H2,11,16)(H,13,14,15). The van der Waals surface area contributed by atoms with Crippen molar-refractivity contribution >= 4 is 28.3 Å². The van der Waals surface area contributed by atoms with Crippen LogP contribution < -0.4 is 11.1 Å². The highest BCUT2D eigenvalue weighted by atomic mass is 32.1. The molecule has 0 saturated carbocycles. The molecule has 2 heterocycles. The molecule has 0 atom stereocenters. The zero-order valence-electron chi connectivity index (χ0n) is 10.3. The number of carbonyl (C=O) groups is 1. The molecule has 0 aromatic carbocycles. The molecule has 19 heavy (non-hydrogen) atoms. The van der Waals surface area contributed by atoms with Crippen LogP contribution in [0.25, 0.3) is 0 Å². The number of nitrogens with zero attached hydrogens (tertiary/aromatic N) is 3. The molecule has 0 saturated heterocycles. The summed E-state index contributed by atoms with van der Waals surface area (Å²) >= 11 is 1.13. The number of aromatic nitrogens is 4. The summed E-state index contributed by atoms with van der Waals surface area (Å²) in [6.07, 6.45) is 2.10. The second kappa shape index (κ2) is 6.14. The van der Waals surface area contributed by atoms with E-state index in [4.69, 9.17) is 10.5 Å². The van der Waals surface area contributed by atoms with Crippen LogP contribution in [0, 0.1) is 0 Å². The molecular weight excluding hydrogens is 268 g/mol. The van der Waals surface area contributed by atoms with Crippen molar-refractivity contribution in [1.82, 2.24) is 19.6 Å². The topological polar surface area (TPSA) is 119 Å². The van der Waals surface area contributed by atoms with Crippen LogP contribution in [-0.2, 0) is 11.2 Å². The fourth-order valence-electron chi connectivity index (χ4n) is 1.47. The maximum absolute atomic E-state index is 11.7. The molecule has 102 valence electrons. The molecule has 0 amide bonds. The number of carbonyl (C=O) groups excluding carboxylic acids is 1. The lowest BCUT2D eigenvalue weighted by Crippen LogP contribution is -2.11. The zero-order valence-corrected chi connectivity index (χ0v) is 11.2. The second-order valence-corrected chi connectivity index (χ2v) is 4.37. The summed E-state index contributed by atoms with van der Waals surface area (Å²) in [6, 6.07) is 0. The Bertz CT molecular complexity index is 538. The van der Waals surface area contributed by atoms with E-state index < -0.39 is 5.97 Å². The molecule has 0 radical (unpaired) electrons. The van der Waals surface area contributed by atoms with Gasteiger partial charge in [0.1, 0.15) is 22.7 Å². The first-order valence-electron chi connectivity index (χ1n) is 5.72. The van der Waals surface area contributed by atoms with Crippen molar-refractivity contribution in [2.24, 2.45) is 0 Å². The number of nitrogen functional groups attached to an aromatic ring is 1. The highest BCUT2D eigenvalue weighted by Crippen LogP contribution is 2.27. The van der Waals surface area contributed by atoms with Crippen LogP contribution >= 0.6 is 11.5 Å². The van der Waals surface area contributed by atoms with Crippen molar-refractivity contribution in [1.29, 1.82) is 0 Å². The number of hydrogen-bond donors (Lipinski definition) is 3. The third kappa shape index (κ3) is 3.19. The van der Waals surface area contributed by atoms with E-state index in [0.29, 0.717) is 30.1 Å². The first-order chi connectivity index (χ1) is 9.22. The van der Waals surface area contributed by atoms with Crippen LogP contribution in [0.15, 0.2) is 6.33 Å². The van der Waals surface area contributed by atoms with Crippen LogP contribution in [0.5, 0.6) is 0 Å². The first kappa shape index (κ1) is 13.3. The van der Waals surface area contributed by atoms with E-state index >= 15 is 0 Å². The Morgan fingerprint density at radius 2 is 2.47 bits per heavy atom. The van der Waals surface area contributed by atoms with Gasteiger partial charge in [0.25, 0.3) is 0 Å². The SMILES string of the molecule is CCOC(=O)c1c(N)nsc1NCCc1ncn[nH]1. The number of rotatable bonds is 6. The number of nitrogens with one attached hydrogen (secondary N) is 2. The lowest BCUT2D eigenvalue weighted by Gasteiger charge is -2.05. The van der Waals surface area contributed by atoms with Gasteiger partial charge in [-0.2, -0.15) is 9.47 Å². The van der Waals surface area contributed by atoms with Crippen molar-refractivity contribution in [3.05, 3.63) is 17.7 Å². The van der Waals surface area contributed by atoms with E-state index in [-0.39, 0.29) is 5.82 Å². The minimum atomic E-state index is -0.462. The number of anilines is 2. The molecule has 0 aliphatic carbocycles. The van der Waals surface area contributed by atoms with Gasteiger partial charge in [0.15, 0.2) is 5.82 Å². The summed E-state index contributed by atoms with van der Waals surface area (Å²) < 4.78 is 8.90. The lowest BCUT2D eigenvalue weighted by atomic mass is 10.3. The molecule has 0 aliphatic heterocycles. The molecule has 2 aromatic rings. The van der Waals surface area contributed by atoms with Gasteiger partial charge >= 0.3 is 5.97 Å². The van der Waals surface area contributed by atoms with Crippen molar-refractivity contribution in [3.63, 3.8) is 0 Å². The van der Waals surface area contributed by atoms with Crippen LogP contribution in [0.4, 0.5) is 10.8 Å². The Hall–Kier alpha value is -2.16. The second-order valence-electron chi connectivity index (χ2n) is 3.60. The van der Waals surface area contributed by atoms with Gasteiger partial charge in [-0.25, -0.2) is 9.78 Å². The highest BCUT2D eigenvalue weighted by molar-refractivity contribution is 7.11. The van der Waals surface area contributed by atoms with Gasteiger partial charge in [-0.1, -0.05) is 0 Å². The molecule has 0 bridgehead atoms. The minimum Gasteiger partial charge on any atom is -0.462 e. The lowest BCUT2D eigenvalue weighted by molar-refractivity contribution is 0.0529. The molecule has 2 rings (SSSR count). The third-order valence-electron chi connectivity index (χ3n) is 2.31. The van der Waals surface area contributed by atoms with Crippen LogP contribution in [0.3, 0.4) is 0 Å². The average molecular weight is 282 g/mol. The summed E-state index contributed by atoms with van der Waals surface area (Å²) in [5.74, 6) is 0.490. The number of hydrogen-bond acceptors (Lipinski definition) is 8. The quantitative estimate of drug-likeness (QED) is 0.666. The summed E-state index contributed by atoms with van der Waals surface area (Å²) in [7, 11) is 0. The Morgan fingerprint density at radius 3 is 3.16 bits per heavy atom. The molecule has 4 N–H and O–H groups in total. The molecule has 2 aromatic heterocycles. The average Bonchev–Trinajstić information content (AvgIpc) is 3.00. The van der Waals surface area contributed by atoms with Crippen LogP contribution in [0.2, 0.25) is 0 Å². The van der Waals surface area contributed by atoms with Gasteiger partial charge in [0.05, 0.1) is 6.61 Å². The van der Waals surface area contributed by atoms with Crippen molar-refractivity contribution in [2.75, 3.05) is 24.2 Å². The summed E-state index contributed by atoms with van der Waals surface area (Å²) in [5, 5.41) is 10.2. The summed E-state index contributed by atoms with van der Waals surface area (Å²) in [4.78, 5) is 15.7. The van der Waals surface area contributed by atoms with E-state index in [0.717, 1.165) is 17.4 Å². The predicted molar refractivity (Wildman–Crippen MR) is 71.1 cm³/mol. The summed E-state index contributed by atoms with van der Waals surface area (Å²) in [5.41, 5.74) is 5.96. The van der Waals surface area contributed by atoms with Crippen molar-refractivity contribution < 1.29 is 9.53 Å². The molecule has 8 nitrogen and oxygen atoms in total. The Balaban J connectivity index is 1.98. The van der Waals surface area contributed by atoms with E-state index in [1.54, 1.807) is 6.92 Å². The van der Waals surface area contributed by atoms with E-state index in [1.165, 1.54) is 6.33 Å². The Labute approximate surface area is 113 Å². The Kier molecular flexibility index (Phi) is 4.29.